The maximum absolute atomic E-state index is 14.0. The zero-order valence-electron chi connectivity index (χ0n) is 20.7. The number of hydrogen-bond acceptors (Lipinski definition) is 4. The minimum Gasteiger partial charge on any atom is -0.399 e. The first-order valence-electron chi connectivity index (χ1n) is 12.1. The van der Waals surface area contributed by atoms with Crippen LogP contribution >= 0.6 is 0 Å². The van der Waals surface area contributed by atoms with Gasteiger partial charge in [0, 0.05) is 30.2 Å². The predicted octanol–water partition coefficient (Wildman–Crippen LogP) is 3.73. The van der Waals surface area contributed by atoms with Crippen molar-refractivity contribution in [1.29, 1.82) is 0 Å². The highest BCUT2D eigenvalue weighted by atomic mass is 19.3. The summed E-state index contributed by atoms with van der Waals surface area (Å²) in [4.78, 5) is 17.3. The van der Waals surface area contributed by atoms with Crippen LogP contribution in [0.15, 0.2) is 18.2 Å². The monoisotopic (exact) mass is 460 g/mol. The van der Waals surface area contributed by atoms with Gasteiger partial charge in [0.25, 0.3) is 5.92 Å². The van der Waals surface area contributed by atoms with E-state index < -0.39 is 35.6 Å². The quantitative estimate of drug-likeness (QED) is 0.645. The lowest BCUT2D eigenvalue weighted by molar-refractivity contribution is -0.123. The fraction of sp³-hybridized carbons (Fsp3) is 0.720. The second-order valence-electron chi connectivity index (χ2n) is 12.0. The number of benzene rings is 1. The fourth-order valence-corrected chi connectivity index (χ4v) is 5.61. The summed E-state index contributed by atoms with van der Waals surface area (Å²) < 4.78 is 40.5. The van der Waals surface area contributed by atoms with Gasteiger partial charge in [0.05, 0.1) is 23.2 Å². The maximum atomic E-state index is 14.0. The Kier molecular flexibility index (Phi) is 4.94. The zero-order chi connectivity index (χ0) is 24.1. The molecule has 0 N–H and O–H groups in total. The van der Waals surface area contributed by atoms with Gasteiger partial charge in [-0.3, -0.25) is 9.69 Å². The number of amides is 1. The molecule has 1 unspecified atom stereocenters. The summed E-state index contributed by atoms with van der Waals surface area (Å²) in [5.41, 5.74) is 1.29. The SMILES string of the molecule is CC1CN([C@H]2C[C@@H](N3C(=O)C(C)(C)c4ccc(B5OC(C)(C)C(C)(C)O5)cc43)C2)CC1(F)F. The molecule has 1 aliphatic carbocycles. The smallest absolute Gasteiger partial charge is 0.399 e. The van der Waals surface area contributed by atoms with E-state index in [0.717, 1.165) is 29.6 Å². The summed E-state index contributed by atoms with van der Waals surface area (Å²) in [6.07, 6.45) is 1.45. The Bertz CT molecular complexity index is 974. The van der Waals surface area contributed by atoms with Crippen molar-refractivity contribution < 1.29 is 22.9 Å². The van der Waals surface area contributed by atoms with Crippen LogP contribution in [0.3, 0.4) is 0 Å². The van der Waals surface area contributed by atoms with Crippen molar-refractivity contribution in [3.63, 3.8) is 0 Å². The maximum Gasteiger partial charge on any atom is 0.494 e. The third-order valence-corrected chi connectivity index (χ3v) is 8.85. The van der Waals surface area contributed by atoms with Gasteiger partial charge < -0.3 is 14.2 Å². The van der Waals surface area contributed by atoms with Crippen molar-refractivity contribution in [3.8, 4) is 0 Å². The summed E-state index contributed by atoms with van der Waals surface area (Å²) in [7, 11) is -0.497. The second-order valence-corrected chi connectivity index (χ2v) is 12.0. The molecule has 0 spiro atoms. The number of fused-ring (bicyclic) bond motifs is 1. The molecule has 3 aliphatic heterocycles. The summed E-state index contributed by atoms with van der Waals surface area (Å²) in [6, 6.07) is 6.19. The van der Waals surface area contributed by atoms with Crippen LogP contribution in [-0.4, -0.2) is 60.2 Å². The van der Waals surface area contributed by atoms with Crippen molar-refractivity contribution >= 4 is 24.2 Å². The molecular formula is C25H35BF2N2O3. The molecule has 4 aliphatic rings. The second kappa shape index (κ2) is 7.02. The van der Waals surface area contributed by atoms with Crippen LogP contribution in [0.1, 0.15) is 66.9 Å². The van der Waals surface area contributed by atoms with E-state index in [4.69, 9.17) is 9.31 Å². The van der Waals surface area contributed by atoms with E-state index in [1.165, 1.54) is 0 Å². The standard InChI is InChI=1S/C25H35BF2N2O3/c1-15-13-29(14-25(15,27)28)17-11-18(12-17)30-20-10-16(8-9-19(20)22(2,3)21(30)31)26-32-23(4,5)24(6,7)33-26/h8-10,15,17-18H,11-14H2,1-7H3/t15?,17-,18+. The highest BCUT2D eigenvalue weighted by Crippen LogP contribution is 2.47. The number of anilines is 1. The molecule has 180 valence electrons. The summed E-state index contributed by atoms with van der Waals surface area (Å²) in [5.74, 6) is -3.17. The molecule has 1 saturated carbocycles. The minimum atomic E-state index is -2.62. The van der Waals surface area contributed by atoms with Gasteiger partial charge in [-0.25, -0.2) is 8.78 Å². The van der Waals surface area contributed by atoms with Gasteiger partial charge in [-0.15, -0.1) is 0 Å². The number of alkyl halides is 2. The van der Waals surface area contributed by atoms with Gasteiger partial charge >= 0.3 is 7.12 Å². The molecule has 1 aromatic carbocycles. The number of likely N-dealkylation sites (tertiary alicyclic amines) is 1. The first-order valence-corrected chi connectivity index (χ1v) is 12.1. The molecule has 8 heteroatoms. The number of carbonyl (C=O) groups excluding carboxylic acids is 1. The van der Waals surface area contributed by atoms with E-state index in [1.54, 1.807) is 6.92 Å². The lowest BCUT2D eigenvalue weighted by atomic mass is 9.76. The molecule has 0 aromatic heterocycles. The zero-order valence-corrected chi connectivity index (χ0v) is 20.7. The van der Waals surface area contributed by atoms with E-state index >= 15 is 0 Å². The number of rotatable bonds is 3. The van der Waals surface area contributed by atoms with E-state index in [-0.39, 0.29) is 24.5 Å². The minimum absolute atomic E-state index is 0.0288. The van der Waals surface area contributed by atoms with Crippen LogP contribution in [0.2, 0.25) is 0 Å². The van der Waals surface area contributed by atoms with Gasteiger partial charge in [-0.1, -0.05) is 19.1 Å². The summed E-state index contributed by atoms with van der Waals surface area (Å²) >= 11 is 0. The van der Waals surface area contributed by atoms with Crippen molar-refractivity contribution in [2.75, 3.05) is 18.0 Å². The Morgan fingerprint density at radius 1 is 1.00 bits per heavy atom. The van der Waals surface area contributed by atoms with Crippen LogP contribution in [-0.2, 0) is 19.5 Å². The molecule has 3 fully saturated rings. The Labute approximate surface area is 195 Å². The first-order chi connectivity index (χ1) is 15.1. The predicted molar refractivity (Wildman–Crippen MR) is 125 cm³/mol. The third-order valence-electron chi connectivity index (χ3n) is 8.85. The van der Waals surface area contributed by atoms with Crippen molar-refractivity contribution in [1.82, 2.24) is 4.90 Å². The Balaban J connectivity index is 1.38. The molecule has 1 amide bonds. The molecule has 1 aromatic rings. The molecule has 3 heterocycles. The number of nitrogens with zero attached hydrogens (tertiary/aromatic N) is 2. The first kappa shape index (κ1) is 23.2. The topological polar surface area (TPSA) is 42.0 Å². The van der Waals surface area contributed by atoms with Gasteiger partial charge in [0.2, 0.25) is 5.91 Å². The van der Waals surface area contributed by atoms with Crippen LogP contribution in [0.25, 0.3) is 0 Å². The summed E-state index contributed by atoms with van der Waals surface area (Å²) in [5, 5.41) is 0. The molecule has 5 rings (SSSR count). The Morgan fingerprint density at radius 2 is 1.61 bits per heavy atom. The van der Waals surface area contributed by atoms with Crippen molar-refractivity contribution in [3.05, 3.63) is 23.8 Å². The van der Waals surface area contributed by atoms with E-state index in [0.29, 0.717) is 6.54 Å². The van der Waals surface area contributed by atoms with Crippen LogP contribution in [0.5, 0.6) is 0 Å². The van der Waals surface area contributed by atoms with Crippen LogP contribution in [0, 0.1) is 5.92 Å². The van der Waals surface area contributed by atoms with Gasteiger partial charge in [0.15, 0.2) is 0 Å². The van der Waals surface area contributed by atoms with Gasteiger partial charge in [-0.2, -0.15) is 0 Å². The van der Waals surface area contributed by atoms with Crippen molar-refractivity contribution in [2.24, 2.45) is 5.92 Å². The molecule has 0 radical (unpaired) electrons. The number of hydrogen-bond donors (Lipinski definition) is 0. The molecule has 1 atom stereocenters. The number of halogens is 2. The fourth-order valence-electron chi connectivity index (χ4n) is 5.61. The lowest BCUT2D eigenvalue weighted by Crippen LogP contribution is -2.56. The Morgan fingerprint density at radius 3 is 2.15 bits per heavy atom. The molecule has 33 heavy (non-hydrogen) atoms. The lowest BCUT2D eigenvalue weighted by Gasteiger charge is -2.45. The highest BCUT2D eigenvalue weighted by Gasteiger charge is 2.55. The van der Waals surface area contributed by atoms with Crippen molar-refractivity contribution in [2.45, 2.75) is 95.9 Å². The van der Waals surface area contributed by atoms with E-state index in [2.05, 4.69) is 0 Å². The van der Waals surface area contributed by atoms with E-state index in [9.17, 15) is 13.6 Å². The summed E-state index contributed by atoms with van der Waals surface area (Å²) in [6.45, 7) is 13.9. The molecule has 5 nitrogen and oxygen atoms in total. The molecule has 0 bridgehead atoms. The number of carbonyl (C=O) groups is 1. The van der Waals surface area contributed by atoms with Gasteiger partial charge in [-0.05, 0) is 71.5 Å². The highest BCUT2D eigenvalue weighted by molar-refractivity contribution is 6.62. The molecular weight excluding hydrogens is 425 g/mol. The Hall–Kier alpha value is -1.51. The third kappa shape index (κ3) is 3.39. The average Bonchev–Trinajstić information content (AvgIpc) is 3.13. The largest absolute Gasteiger partial charge is 0.494 e. The van der Waals surface area contributed by atoms with E-state index in [1.807, 2.05) is 69.5 Å². The van der Waals surface area contributed by atoms with Gasteiger partial charge in [0.1, 0.15) is 0 Å². The molecule has 2 saturated heterocycles. The van der Waals surface area contributed by atoms with Crippen LogP contribution in [0.4, 0.5) is 14.5 Å². The average molecular weight is 460 g/mol. The normalized spacial score (nSPS) is 34.0. The van der Waals surface area contributed by atoms with Crippen LogP contribution < -0.4 is 10.4 Å².